The Kier molecular flexibility index (Phi) is 3.70. The fourth-order valence-corrected chi connectivity index (χ4v) is 2.80. The van der Waals surface area contributed by atoms with Crippen LogP contribution in [0.4, 0.5) is 0 Å². The predicted molar refractivity (Wildman–Crippen MR) is 60.9 cm³/mol. The maximum absolute atomic E-state index is 5.44. The van der Waals surface area contributed by atoms with Gasteiger partial charge >= 0.3 is 0 Å². The van der Waals surface area contributed by atoms with Crippen molar-refractivity contribution in [1.29, 1.82) is 0 Å². The van der Waals surface area contributed by atoms with Crippen LogP contribution < -0.4 is 5.32 Å². The van der Waals surface area contributed by atoms with E-state index in [0.717, 1.165) is 17.6 Å². The van der Waals surface area contributed by atoms with Gasteiger partial charge in [0.25, 0.3) is 0 Å². The summed E-state index contributed by atoms with van der Waals surface area (Å²) in [4.78, 5) is 4.40. The van der Waals surface area contributed by atoms with Gasteiger partial charge in [0.1, 0.15) is 6.61 Å². The van der Waals surface area contributed by atoms with Gasteiger partial charge in [-0.3, -0.25) is 0 Å². The minimum Gasteiger partial charge on any atom is -0.471 e. The van der Waals surface area contributed by atoms with Crippen LogP contribution >= 0.6 is 11.8 Å². The molecule has 2 aliphatic heterocycles. The van der Waals surface area contributed by atoms with E-state index >= 15 is 0 Å². The van der Waals surface area contributed by atoms with Crippen LogP contribution in [0.25, 0.3) is 0 Å². The van der Waals surface area contributed by atoms with E-state index in [9.17, 15) is 0 Å². The van der Waals surface area contributed by atoms with E-state index in [1.807, 2.05) is 0 Å². The summed E-state index contributed by atoms with van der Waals surface area (Å²) in [5.74, 6) is 1.10. The van der Waals surface area contributed by atoms with Crippen molar-refractivity contribution in [3.8, 4) is 0 Å². The second-order valence-electron chi connectivity index (χ2n) is 4.01. The van der Waals surface area contributed by atoms with Crippen LogP contribution in [0.5, 0.6) is 0 Å². The van der Waals surface area contributed by atoms with Crippen LogP contribution in [0.2, 0.25) is 0 Å². The molecule has 0 aromatic carbocycles. The zero-order valence-corrected chi connectivity index (χ0v) is 9.48. The second-order valence-corrected chi connectivity index (χ2v) is 4.98. The van der Waals surface area contributed by atoms with Crippen molar-refractivity contribution in [2.45, 2.75) is 38.3 Å². The molecule has 2 unspecified atom stereocenters. The molecule has 1 N–H and O–H groups in total. The van der Waals surface area contributed by atoms with Crippen molar-refractivity contribution in [3.63, 3.8) is 0 Å². The third kappa shape index (κ3) is 2.89. The molecule has 0 spiro atoms. The van der Waals surface area contributed by atoms with E-state index in [1.165, 1.54) is 25.8 Å². The fraction of sp³-hybridized carbons (Fsp3) is 0.900. The summed E-state index contributed by atoms with van der Waals surface area (Å²) in [5.41, 5.74) is 0. The van der Waals surface area contributed by atoms with Gasteiger partial charge in [0.15, 0.2) is 0 Å². The highest BCUT2D eigenvalue weighted by atomic mass is 32.2. The van der Waals surface area contributed by atoms with Crippen molar-refractivity contribution in [2.24, 2.45) is 4.99 Å². The number of ether oxygens (including phenoxy) is 1. The maximum atomic E-state index is 5.44. The molecule has 2 heterocycles. The van der Waals surface area contributed by atoms with Crippen LogP contribution in [-0.2, 0) is 4.74 Å². The Hall–Kier alpha value is -0.220. The summed E-state index contributed by atoms with van der Waals surface area (Å²) in [5, 5.41) is 4.42. The summed E-state index contributed by atoms with van der Waals surface area (Å²) in [6.45, 7) is 4.03. The second kappa shape index (κ2) is 5.03. The molecule has 1 saturated heterocycles. The highest BCUT2D eigenvalue weighted by molar-refractivity contribution is 8.13. The monoisotopic (exact) mass is 214 g/mol. The molecule has 0 saturated carbocycles. The minimum absolute atomic E-state index is 0.358. The van der Waals surface area contributed by atoms with Crippen molar-refractivity contribution >= 4 is 17.0 Å². The smallest absolute Gasteiger partial charge is 0.246 e. The molecule has 4 heteroatoms. The summed E-state index contributed by atoms with van der Waals surface area (Å²) in [6.07, 6.45) is 3.99. The molecule has 2 rings (SSSR count). The molecule has 1 fully saturated rings. The molecule has 0 radical (unpaired) electrons. The number of nitrogens with zero attached hydrogens (tertiary/aromatic N) is 1. The molecule has 2 aliphatic rings. The third-order valence-corrected chi connectivity index (χ3v) is 3.63. The normalized spacial score (nSPS) is 32.5. The lowest BCUT2D eigenvalue weighted by molar-refractivity contribution is 0.330. The highest BCUT2D eigenvalue weighted by Gasteiger charge is 2.18. The lowest BCUT2D eigenvalue weighted by Crippen LogP contribution is -2.36. The fourth-order valence-electron chi connectivity index (χ4n) is 1.76. The van der Waals surface area contributed by atoms with Gasteiger partial charge in [-0.15, -0.1) is 0 Å². The maximum Gasteiger partial charge on any atom is 0.246 e. The quantitative estimate of drug-likeness (QED) is 0.758. The van der Waals surface area contributed by atoms with Crippen LogP contribution in [0.3, 0.4) is 0 Å². The third-order valence-electron chi connectivity index (χ3n) is 2.59. The summed E-state index contributed by atoms with van der Waals surface area (Å²) in [6, 6.07) is 1.02. The molecular weight excluding hydrogens is 196 g/mol. The molecule has 0 bridgehead atoms. The average molecular weight is 214 g/mol. The Morgan fingerprint density at radius 2 is 2.50 bits per heavy atom. The largest absolute Gasteiger partial charge is 0.471 e. The van der Waals surface area contributed by atoms with Gasteiger partial charge in [-0.2, -0.15) is 0 Å². The topological polar surface area (TPSA) is 33.6 Å². The Morgan fingerprint density at radius 3 is 3.14 bits per heavy atom. The molecule has 3 nitrogen and oxygen atoms in total. The molecule has 0 aromatic rings. The zero-order chi connectivity index (χ0) is 9.80. The molecule has 0 amide bonds. The highest BCUT2D eigenvalue weighted by Crippen LogP contribution is 2.18. The lowest BCUT2D eigenvalue weighted by atomic mass is 10.1. The summed E-state index contributed by atoms with van der Waals surface area (Å²) < 4.78 is 5.44. The Bertz CT molecular complexity index is 214. The van der Waals surface area contributed by atoms with Crippen LogP contribution in [0.15, 0.2) is 4.99 Å². The van der Waals surface area contributed by atoms with Gasteiger partial charge in [-0.1, -0.05) is 18.2 Å². The van der Waals surface area contributed by atoms with E-state index in [4.69, 9.17) is 4.74 Å². The average Bonchev–Trinajstić information content (AvgIpc) is 2.63. The molecular formula is C10H18N2OS. The van der Waals surface area contributed by atoms with E-state index in [-0.39, 0.29) is 0 Å². The number of nitrogens with one attached hydrogen (secondary N) is 1. The lowest BCUT2D eigenvalue weighted by Gasteiger charge is -2.22. The number of thioether (sulfide) groups is 1. The first-order valence-corrected chi connectivity index (χ1v) is 6.40. The summed E-state index contributed by atoms with van der Waals surface area (Å²) >= 11 is 1.76. The first-order chi connectivity index (χ1) is 6.84. The van der Waals surface area contributed by atoms with E-state index in [1.54, 1.807) is 11.8 Å². The van der Waals surface area contributed by atoms with Gasteiger partial charge < -0.3 is 10.1 Å². The van der Waals surface area contributed by atoms with Gasteiger partial charge in [0, 0.05) is 11.8 Å². The number of hydrogen-bond donors (Lipinski definition) is 1. The Balaban J connectivity index is 1.68. The van der Waals surface area contributed by atoms with Gasteiger partial charge in [0.2, 0.25) is 5.23 Å². The number of piperidine rings is 1. The molecule has 2 atom stereocenters. The molecule has 0 aliphatic carbocycles. The van der Waals surface area contributed by atoms with Crippen molar-refractivity contribution < 1.29 is 4.74 Å². The van der Waals surface area contributed by atoms with Crippen molar-refractivity contribution in [1.82, 2.24) is 5.32 Å². The standard InChI is InChI=1S/C10H18N2OS/c1-8-6-13-10(12-8)14-7-9-4-2-3-5-11-9/h8-9,11H,2-7H2,1H3. The van der Waals surface area contributed by atoms with E-state index in [0.29, 0.717) is 12.1 Å². The molecule has 80 valence electrons. The summed E-state index contributed by atoms with van der Waals surface area (Å²) in [7, 11) is 0. The first kappa shape index (κ1) is 10.3. The van der Waals surface area contributed by atoms with Crippen molar-refractivity contribution in [3.05, 3.63) is 0 Å². The van der Waals surface area contributed by atoms with Crippen LogP contribution in [0.1, 0.15) is 26.2 Å². The van der Waals surface area contributed by atoms with Gasteiger partial charge in [0.05, 0.1) is 6.04 Å². The number of aliphatic imine (C=N–C) groups is 1. The van der Waals surface area contributed by atoms with E-state index in [2.05, 4.69) is 17.2 Å². The Labute approximate surface area is 89.7 Å². The predicted octanol–water partition coefficient (Wildman–Crippen LogP) is 1.64. The number of rotatable bonds is 2. The SMILES string of the molecule is CC1COC(SCC2CCCCN2)=N1. The number of hydrogen-bond acceptors (Lipinski definition) is 4. The van der Waals surface area contributed by atoms with Crippen molar-refractivity contribution in [2.75, 3.05) is 18.9 Å². The molecule has 0 aromatic heterocycles. The van der Waals surface area contributed by atoms with Crippen LogP contribution in [-0.4, -0.2) is 36.2 Å². The van der Waals surface area contributed by atoms with E-state index < -0.39 is 0 Å². The first-order valence-electron chi connectivity index (χ1n) is 5.41. The van der Waals surface area contributed by atoms with Crippen LogP contribution in [0, 0.1) is 0 Å². The van der Waals surface area contributed by atoms with Gasteiger partial charge in [-0.25, -0.2) is 4.99 Å². The zero-order valence-electron chi connectivity index (χ0n) is 8.66. The molecule has 14 heavy (non-hydrogen) atoms. The Morgan fingerprint density at radius 1 is 1.57 bits per heavy atom. The minimum atomic E-state index is 0.358. The van der Waals surface area contributed by atoms with Gasteiger partial charge in [-0.05, 0) is 26.3 Å².